The molecule has 0 aromatic heterocycles. The third-order valence-corrected chi connectivity index (χ3v) is 4.55. The molecule has 27 heavy (non-hydrogen) atoms. The predicted molar refractivity (Wildman–Crippen MR) is 101 cm³/mol. The molecule has 5 nitrogen and oxygen atoms in total. The van der Waals surface area contributed by atoms with Gasteiger partial charge in [0.05, 0.1) is 0 Å². The summed E-state index contributed by atoms with van der Waals surface area (Å²) >= 11 is 0. The number of carbonyl (C=O) groups excluding carboxylic acids is 2. The van der Waals surface area contributed by atoms with Crippen molar-refractivity contribution in [1.82, 2.24) is 5.32 Å². The number of hydrogen-bond acceptors (Lipinski definition) is 3. The van der Waals surface area contributed by atoms with E-state index in [2.05, 4.69) is 10.6 Å². The number of carbonyl (C=O) groups is 2. The number of amides is 2. The predicted octanol–water partition coefficient (Wildman–Crippen LogP) is 3.91. The number of ether oxygens (including phenoxy) is 1. The second-order valence-electron chi connectivity index (χ2n) is 6.68. The van der Waals surface area contributed by atoms with Gasteiger partial charge in [-0.3, -0.25) is 9.59 Å². The Kier molecular flexibility index (Phi) is 6.41. The van der Waals surface area contributed by atoms with Gasteiger partial charge in [0, 0.05) is 17.3 Å². The standard InChI is InChI=1S/C21H23FN2O3/c22-16-8-10-18(11-9-16)23-20(25)14-27-19-12-6-15(7-13-19)21(26)24-17-4-2-1-3-5-17/h6-13,17H,1-5,14H2,(H,23,25)(H,24,26). The lowest BCUT2D eigenvalue weighted by atomic mass is 9.95. The van der Waals surface area contributed by atoms with Crippen molar-refractivity contribution in [3.05, 3.63) is 59.9 Å². The van der Waals surface area contributed by atoms with Crippen LogP contribution in [-0.4, -0.2) is 24.5 Å². The molecule has 2 aromatic carbocycles. The highest BCUT2D eigenvalue weighted by molar-refractivity contribution is 5.94. The van der Waals surface area contributed by atoms with Gasteiger partial charge < -0.3 is 15.4 Å². The van der Waals surface area contributed by atoms with Crippen molar-refractivity contribution in [3.63, 3.8) is 0 Å². The molecule has 1 aliphatic carbocycles. The fourth-order valence-electron chi connectivity index (χ4n) is 3.10. The van der Waals surface area contributed by atoms with E-state index in [9.17, 15) is 14.0 Å². The minimum atomic E-state index is -0.364. The summed E-state index contributed by atoms with van der Waals surface area (Å²) in [7, 11) is 0. The molecule has 142 valence electrons. The van der Waals surface area contributed by atoms with Crippen LogP contribution in [0.25, 0.3) is 0 Å². The van der Waals surface area contributed by atoms with E-state index in [1.165, 1.54) is 30.7 Å². The second-order valence-corrected chi connectivity index (χ2v) is 6.68. The van der Waals surface area contributed by atoms with Gasteiger partial charge in [-0.05, 0) is 61.4 Å². The number of halogens is 1. The van der Waals surface area contributed by atoms with Crippen molar-refractivity contribution in [3.8, 4) is 5.75 Å². The van der Waals surface area contributed by atoms with Gasteiger partial charge in [-0.25, -0.2) is 4.39 Å². The largest absolute Gasteiger partial charge is 0.484 e. The van der Waals surface area contributed by atoms with Gasteiger partial charge in [0.1, 0.15) is 11.6 Å². The Morgan fingerprint density at radius 1 is 0.963 bits per heavy atom. The van der Waals surface area contributed by atoms with Gasteiger partial charge in [0.25, 0.3) is 11.8 Å². The molecule has 0 bridgehead atoms. The number of anilines is 1. The van der Waals surface area contributed by atoms with Gasteiger partial charge in [0.15, 0.2) is 6.61 Å². The van der Waals surface area contributed by atoms with E-state index in [4.69, 9.17) is 4.74 Å². The Hall–Kier alpha value is -2.89. The average molecular weight is 370 g/mol. The summed E-state index contributed by atoms with van der Waals surface area (Å²) in [4.78, 5) is 24.1. The van der Waals surface area contributed by atoms with Gasteiger partial charge >= 0.3 is 0 Å². The lowest BCUT2D eigenvalue weighted by molar-refractivity contribution is -0.118. The van der Waals surface area contributed by atoms with Crippen LogP contribution in [0.4, 0.5) is 10.1 Å². The lowest BCUT2D eigenvalue weighted by Gasteiger charge is -2.22. The molecule has 1 fully saturated rings. The van der Waals surface area contributed by atoms with E-state index in [1.54, 1.807) is 24.3 Å². The highest BCUT2D eigenvalue weighted by atomic mass is 19.1. The van der Waals surface area contributed by atoms with Gasteiger partial charge in [-0.1, -0.05) is 19.3 Å². The minimum absolute atomic E-state index is 0.0810. The van der Waals surface area contributed by atoms with Crippen LogP contribution in [-0.2, 0) is 4.79 Å². The van der Waals surface area contributed by atoms with E-state index in [0.717, 1.165) is 25.7 Å². The first-order valence-electron chi connectivity index (χ1n) is 9.19. The van der Waals surface area contributed by atoms with E-state index in [1.807, 2.05) is 0 Å². The fourth-order valence-corrected chi connectivity index (χ4v) is 3.10. The molecule has 1 aliphatic rings. The third kappa shape index (κ3) is 5.81. The first-order chi connectivity index (χ1) is 13.1. The highest BCUT2D eigenvalue weighted by Gasteiger charge is 2.16. The van der Waals surface area contributed by atoms with Crippen LogP contribution in [0.1, 0.15) is 42.5 Å². The maximum atomic E-state index is 12.8. The van der Waals surface area contributed by atoms with Crippen molar-refractivity contribution < 1.29 is 18.7 Å². The normalized spacial score (nSPS) is 14.4. The molecule has 0 radical (unpaired) electrons. The molecule has 1 saturated carbocycles. The molecular weight excluding hydrogens is 347 g/mol. The van der Waals surface area contributed by atoms with Crippen LogP contribution in [0.3, 0.4) is 0 Å². The van der Waals surface area contributed by atoms with Crippen LogP contribution in [0.5, 0.6) is 5.75 Å². The average Bonchev–Trinajstić information content (AvgIpc) is 2.69. The summed E-state index contributed by atoms with van der Waals surface area (Å²) in [6.07, 6.45) is 5.65. The molecule has 0 aliphatic heterocycles. The molecule has 2 aromatic rings. The van der Waals surface area contributed by atoms with Crippen molar-refractivity contribution in [2.75, 3.05) is 11.9 Å². The van der Waals surface area contributed by atoms with Crippen molar-refractivity contribution >= 4 is 17.5 Å². The van der Waals surface area contributed by atoms with Crippen LogP contribution in [0, 0.1) is 5.82 Å². The summed E-state index contributed by atoms with van der Waals surface area (Å²) in [6, 6.07) is 12.5. The zero-order valence-corrected chi connectivity index (χ0v) is 15.0. The third-order valence-electron chi connectivity index (χ3n) is 4.55. The van der Waals surface area contributed by atoms with Crippen molar-refractivity contribution in [1.29, 1.82) is 0 Å². The van der Waals surface area contributed by atoms with Crippen LogP contribution in [0.15, 0.2) is 48.5 Å². The SMILES string of the molecule is O=C(COc1ccc(C(=O)NC2CCCCC2)cc1)Nc1ccc(F)cc1. The summed E-state index contributed by atoms with van der Waals surface area (Å²) in [6.45, 7) is -0.176. The Labute approximate surface area is 157 Å². The summed E-state index contributed by atoms with van der Waals surface area (Å²) in [5.41, 5.74) is 1.07. The molecule has 3 rings (SSSR count). The first kappa shape index (κ1) is 18.9. The second kappa shape index (κ2) is 9.16. The topological polar surface area (TPSA) is 67.4 Å². The number of nitrogens with one attached hydrogen (secondary N) is 2. The molecule has 0 heterocycles. The summed E-state index contributed by atoms with van der Waals surface area (Å²) < 4.78 is 18.3. The van der Waals surface area contributed by atoms with E-state index < -0.39 is 0 Å². The quantitative estimate of drug-likeness (QED) is 0.810. The molecule has 0 unspecified atom stereocenters. The maximum Gasteiger partial charge on any atom is 0.262 e. The molecule has 0 spiro atoms. The van der Waals surface area contributed by atoms with Crippen molar-refractivity contribution in [2.45, 2.75) is 38.1 Å². The zero-order valence-electron chi connectivity index (χ0n) is 15.0. The molecule has 2 N–H and O–H groups in total. The Balaban J connectivity index is 1.46. The highest BCUT2D eigenvalue weighted by Crippen LogP contribution is 2.18. The van der Waals surface area contributed by atoms with Gasteiger partial charge in [-0.15, -0.1) is 0 Å². The smallest absolute Gasteiger partial charge is 0.262 e. The summed E-state index contributed by atoms with van der Waals surface area (Å²) in [5.74, 6) is -0.293. The van der Waals surface area contributed by atoms with E-state index >= 15 is 0 Å². The molecule has 0 atom stereocenters. The van der Waals surface area contributed by atoms with Crippen LogP contribution >= 0.6 is 0 Å². The zero-order chi connectivity index (χ0) is 19.1. The number of benzene rings is 2. The Bertz CT molecular complexity index is 769. The molecule has 6 heteroatoms. The van der Waals surface area contributed by atoms with E-state index in [-0.39, 0.29) is 30.3 Å². The first-order valence-corrected chi connectivity index (χ1v) is 9.19. The van der Waals surface area contributed by atoms with E-state index in [0.29, 0.717) is 17.0 Å². The van der Waals surface area contributed by atoms with Crippen LogP contribution in [0.2, 0.25) is 0 Å². The van der Waals surface area contributed by atoms with Gasteiger partial charge in [-0.2, -0.15) is 0 Å². The Morgan fingerprint density at radius 2 is 1.63 bits per heavy atom. The molecular formula is C21H23FN2O3. The lowest BCUT2D eigenvalue weighted by Crippen LogP contribution is -2.36. The van der Waals surface area contributed by atoms with Crippen LogP contribution < -0.4 is 15.4 Å². The van der Waals surface area contributed by atoms with Crippen molar-refractivity contribution in [2.24, 2.45) is 0 Å². The monoisotopic (exact) mass is 370 g/mol. The Morgan fingerprint density at radius 3 is 2.30 bits per heavy atom. The van der Waals surface area contributed by atoms with Gasteiger partial charge in [0.2, 0.25) is 0 Å². The molecule has 2 amide bonds. The number of rotatable bonds is 6. The summed E-state index contributed by atoms with van der Waals surface area (Å²) in [5, 5.41) is 5.69. The fraction of sp³-hybridized carbons (Fsp3) is 0.333. The molecule has 0 saturated heterocycles. The maximum absolute atomic E-state index is 12.8. The number of hydrogen-bond donors (Lipinski definition) is 2. The minimum Gasteiger partial charge on any atom is -0.484 e.